The van der Waals surface area contributed by atoms with Gasteiger partial charge in [-0.05, 0) is 33.6 Å². The molecule has 1 aromatic rings. The first-order chi connectivity index (χ1) is 10.0. The van der Waals surface area contributed by atoms with E-state index >= 15 is 0 Å². The van der Waals surface area contributed by atoms with Crippen LogP contribution in [-0.4, -0.2) is 42.3 Å². The number of hydrogen-bond donors (Lipinski definition) is 1. The van der Waals surface area contributed by atoms with Gasteiger partial charge in [0, 0.05) is 38.7 Å². The molecule has 0 spiro atoms. The van der Waals surface area contributed by atoms with E-state index in [1.165, 1.54) is 0 Å². The molecule has 1 unspecified atom stereocenters. The van der Waals surface area contributed by atoms with Gasteiger partial charge in [0.1, 0.15) is 17.5 Å². The first-order valence-corrected chi connectivity index (χ1v) is 7.94. The Morgan fingerprint density at radius 2 is 2.10 bits per heavy atom. The summed E-state index contributed by atoms with van der Waals surface area (Å²) in [6.45, 7) is 11.3. The number of anilines is 2. The van der Waals surface area contributed by atoms with Crippen molar-refractivity contribution in [3.05, 3.63) is 11.4 Å². The minimum absolute atomic E-state index is 0.0830. The van der Waals surface area contributed by atoms with Crippen LogP contribution in [0.2, 0.25) is 0 Å². The maximum Gasteiger partial charge on any atom is 0.137 e. The third kappa shape index (κ3) is 3.46. The second-order valence-corrected chi connectivity index (χ2v) is 6.00. The second kappa shape index (κ2) is 6.60. The van der Waals surface area contributed by atoms with Gasteiger partial charge < -0.3 is 15.0 Å². The lowest BCUT2D eigenvalue weighted by Gasteiger charge is -2.40. The van der Waals surface area contributed by atoms with Crippen LogP contribution in [0.25, 0.3) is 0 Å². The Bertz CT molecular complexity index is 491. The van der Waals surface area contributed by atoms with Crippen molar-refractivity contribution in [1.29, 1.82) is 0 Å². The molecule has 21 heavy (non-hydrogen) atoms. The molecule has 118 valence electrons. The Kier molecular flexibility index (Phi) is 5.04. The molecule has 0 amide bonds. The third-order valence-electron chi connectivity index (χ3n) is 4.28. The smallest absolute Gasteiger partial charge is 0.137 e. The van der Waals surface area contributed by atoms with Crippen molar-refractivity contribution >= 4 is 11.6 Å². The van der Waals surface area contributed by atoms with E-state index < -0.39 is 0 Å². The molecule has 1 saturated heterocycles. The molecule has 0 radical (unpaired) electrons. The second-order valence-electron chi connectivity index (χ2n) is 6.00. The number of ether oxygens (including phenoxy) is 1. The number of methoxy groups -OCH3 is 1. The minimum atomic E-state index is -0.0830. The number of rotatable bonds is 5. The summed E-state index contributed by atoms with van der Waals surface area (Å²) in [5.74, 6) is 2.92. The summed E-state index contributed by atoms with van der Waals surface area (Å²) in [7, 11) is 1.80. The molecule has 1 fully saturated rings. The standard InChI is InChI=1S/C16H28N4O/c1-6-13-18-14(17-7-2)12(3)15(19-13)20-10-8-9-16(4,11-20)21-5/h6-11H2,1-5H3,(H,17,18,19). The van der Waals surface area contributed by atoms with E-state index in [1.807, 2.05) is 0 Å². The molecule has 0 aromatic carbocycles. The van der Waals surface area contributed by atoms with Crippen molar-refractivity contribution in [2.45, 2.75) is 52.6 Å². The maximum absolute atomic E-state index is 5.70. The van der Waals surface area contributed by atoms with Gasteiger partial charge in [-0.1, -0.05) is 6.92 Å². The van der Waals surface area contributed by atoms with Crippen molar-refractivity contribution in [2.75, 3.05) is 37.0 Å². The van der Waals surface area contributed by atoms with Crippen molar-refractivity contribution < 1.29 is 4.74 Å². The molecule has 5 nitrogen and oxygen atoms in total. The van der Waals surface area contributed by atoms with Crippen LogP contribution in [0, 0.1) is 6.92 Å². The zero-order chi connectivity index (χ0) is 15.5. The molecule has 2 heterocycles. The highest BCUT2D eigenvalue weighted by molar-refractivity contribution is 5.59. The fraction of sp³-hybridized carbons (Fsp3) is 0.750. The molecule has 1 aliphatic heterocycles. The average molecular weight is 292 g/mol. The summed E-state index contributed by atoms with van der Waals surface area (Å²) in [4.78, 5) is 11.7. The van der Waals surface area contributed by atoms with E-state index in [-0.39, 0.29) is 5.60 Å². The molecule has 1 atom stereocenters. The molecule has 0 bridgehead atoms. The normalized spacial score (nSPS) is 22.4. The Balaban J connectivity index is 2.35. The predicted octanol–water partition coefficient (Wildman–Crippen LogP) is 2.78. The number of nitrogens with zero attached hydrogens (tertiary/aromatic N) is 3. The van der Waals surface area contributed by atoms with Gasteiger partial charge in [-0.25, -0.2) is 9.97 Å². The summed E-state index contributed by atoms with van der Waals surface area (Å²) in [5.41, 5.74) is 1.05. The third-order valence-corrected chi connectivity index (χ3v) is 4.28. The van der Waals surface area contributed by atoms with Crippen molar-refractivity contribution in [2.24, 2.45) is 0 Å². The van der Waals surface area contributed by atoms with E-state index in [0.717, 1.165) is 61.9 Å². The van der Waals surface area contributed by atoms with Crippen LogP contribution in [0.5, 0.6) is 0 Å². The summed E-state index contributed by atoms with van der Waals surface area (Å²) < 4.78 is 5.70. The van der Waals surface area contributed by atoms with Crippen LogP contribution in [0.3, 0.4) is 0 Å². The van der Waals surface area contributed by atoms with E-state index in [0.29, 0.717) is 0 Å². The van der Waals surface area contributed by atoms with Gasteiger partial charge >= 0.3 is 0 Å². The molecular formula is C16H28N4O. The van der Waals surface area contributed by atoms with E-state index in [2.05, 4.69) is 42.9 Å². The lowest BCUT2D eigenvalue weighted by atomic mass is 9.94. The summed E-state index contributed by atoms with van der Waals surface area (Å²) in [6, 6.07) is 0. The monoisotopic (exact) mass is 292 g/mol. The van der Waals surface area contributed by atoms with Gasteiger partial charge in [0.05, 0.1) is 5.60 Å². The summed E-state index contributed by atoms with van der Waals surface area (Å²) in [5, 5.41) is 3.36. The number of piperidine rings is 1. The topological polar surface area (TPSA) is 50.3 Å². The van der Waals surface area contributed by atoms with Gasteiger partial charge in [0.2, 0.25) is 0 Å². The number of hydrogen-bond acceptors (Lipinski definition) is 5. The molecule has 0 aliphatic carbocycles. The lowest BCUT2D eigenvalue weighted by Crippen LogP contribution is -2.48. The molecule has 1 aliphatic rings. The Hall–Kier alpha value is -1.36. The van der Waals surface area contributed by atoms with Gasteiger partial charge in [-0.3, -0.25) is 0 Å². The molecule has 2 rings (SSSR count). The SMILES string of the molecule is CCNc1nc(CC)nc(N2CCCC(C)(OC)C2)c1C. The number of aromatic nitrogens is 2. The zero-order valence-electron chi connectivity index (χ0n) is 14.0. The van der Waals surface area contributed by atoms with Crippen molar-refractivity contribution in [3.8, 4) is 0 Å². The van der Waals surface area contributed by atoms with E-state index in [1.54, 1.807) is 7.11 Å². The van der Waals surface area contributed by atoms with Crippen LogP contribution < -0.4 is 10.2 Å². The van der Waals surface area contributed by atoms with Gasteiger partial charge in [0.25, 0.3) is 0 Å². The van der Waals surface area contributed by atoms with Gasteiger partial charge in [-0.15, -0.1) is 0 Å². The van der Waals surface area contributed by atoms with Gasteiger partial charge in [-0.2, -0.15) is 0 Å². The first-order valence-electron chi connectivity index (χ1n) is 7.94. The summed E-state index contributed by atoms with van der Waals surface area (Å²) in [6.07, 6.45) is 3.08. The highest BCUT2D eigenvalue weighted by Gasteiger charge is 2.32. The van der Waals surface area contributed by atoms with Crippen molar-refractivity contribution in [1.82, 2.24) is 9.97 Å². The Morgan fingerprint density at radius 3 is 2.71 bits per heavy atom. The predicted molar refractivity (Wildman–Crippen MR) is 87.2 cm³/mol. The average Bonchev–Trinajstić information content (AvgIpc) is 2.49. The molecular weight excluding hydrogens is 264 g/mol. The van der Waals surface area contributed by atoms with E-state index in [9.17, 15) is 0 Å². The highest BCUT2D eigenvalue weighted by atomic mass is 16.5. The van der Waals surface area contributed by atoms with Crippen LogP contribution in [-0.2, 0) is 11.2 Å². The highest BCUT2D eigenvalue weighted by Crippen LogP contribution is 2.30. The maximum atomic E-state index is 5.70. The minimum Gasteiger partial charge on any atom is -0.377 e. The quantitative estimate of drug-likeness (QED) is 0.904. The molecule has 1 N–H and O–H groups in total. The zero-order valence-corrected chi connectivity index (χ0v) is 14.0. The summed E-state index contributed by atoms with van der Waals surface area (Å²) >= 11 is 0. The number of aryl methyl sites for hydroxylation is 1. The first kappa shape index (κ1) is 16.0. The van der Waals surface area contributed by atoms with Crippen molar-refractivity contribution in [3.63, 3.8) is 0 Å². The fourth-order valence-corrected chi connectivity index (χ4v) is 2.91. The van der Waals surface area contributed by atoms with Crippen LogP contribution >= 0.6 is 0 Å². The van der Waals surface area contributed by atoms with Crippen LogP contribution in [0.15, 0.2) is 0 Å². The largest absolute Gasteiger partial charge is 0.377 e. The Morgan fingerprint density at radius 1 is 1.33 bits per heavy atom. The Labute approximate surface area is 128 Å². The molecule has 1 aromatic heterocycles. The van der Waals surface area contributed by atoms with E-state index in [4.69, 9.17) is 9.72 Å². The van der Waals surface area contributed by atoms with Gasteiger partial charge in [0.15, 0.2) is 0 Å². The molecule has 0 saturated carbocycles. The lowest BCUT2D eigenvalue weighted by molar-refractivity contribution is -0.00484. The molecule has 5 heteroatoms. The fourth-order valence-electron chi connectivity index (χ4n) is 2.91. The number of nitrogens with one attached hydrogen (secondary N) is 1. The van der Waals surface area contributed by atoms with Crippen LogP contribution in [0.4, 0.5) is 11.6 Å². The van der Waals surface area contributed by atoms with Crippen LogP contribution in [0.1, 0.15) is 45.0 Å².